The number of carbonyl (C=O) groups is 1. The number of hydrogen-bond donors (Lipinski definition) is 2. The maximum Gasteiger partial charge on any atom is 0.239 e. The molecule has 0 saturated heterocycles. The number of unbranched alkanes of at least 4 members (excludes halogenated alkanes) is 2. The minimum Gasteiger partial charge on any atom is -0.459 e. The Morgan fingerprint density at radius 2 is 1.64 bits per heavy atom. The molecule has 4 aromatic carbocycles. The van der Waals surface area contributed by atoms with Crippen LogP contribution in [0, 0.1) is 29.5 Å². The van der Waals surface area contributed by atoms with Gasteiger partial charge in [-0.25, -0.2) is 4.39 Å². The summed E-state index contributed by atoms with van der Waals surface area (Å²) in [6.45, 7) is 4.93. The van der Waals surface area contributed by atoms with Gasteiger partial charge in [0.1, 0.15) is 35.7 Å². The van der Waals surface area contributed by atoms with Crippen LogP contribution in [0.25, 0.3) is 0 Å². The van der Waals surface area contributed by atoms with Crippen molar-refractivity contribution in [2.75, 3.05) is 26.1 Å². The molecule has 67 heavy (non-hydrogen) atoms. The van der Waals surface area contributed by atoms with Crippen molar-refractivity contribution in [2.24, 2.45) is 28.8 Å². The molecule has 0 aromatic heterocycles. The number of aliphatic hydroxyl groups excluding tert-OH is 2. The predicted molar refractivity (Wildman–Crippen MR) is 263 cm³/mol. The maximum atomic E-state index is 15.2. The molecule has 1 amide bonds. The summed E-state index contributed by atoms with van der Waals surface area (Å²) >= 11 is 1.68. The second-order valence-corrected chi connectivity index (χ2v) is 19.5. The van der Waals surface area contributed by atoms with Crippen LogP contribution in [0.3, 0.4) is 0 Å². The minimum absolute atomic E-state index is 0.0147. The number of amides is 1. The topological polar surface area (TPSA) is 110 Å². The van der Waals surface area contributed by atoms with Crippen LogP contribution in [0.2, 0.25) is 0 Å². The smallest absolute Gasteiger partial charge is 0.239 e. The van der Waals surface area contributed by atoms with Gasteiger partial charge in [0.15, 0.2) is 0 Å². The first-order valence-corrected chi connectivity index (χ1v) is 25.7. The van der Waals surface area contributed by atoms with Crippen LogP contribution >= 0.6 is 11.8 Å². The Kier molecular flexibility index (Phi) is 16.9. The number of halogens is 1. The first-order valence-electron chi connectivity index (χ1n) is 24.4. The summed E-state index contributed by atoms with van der Waals surface area (Å²) in [4.78, 5) is 24.6. The standard InChI is InChI=1S/C56H67FN2O7S/c1-3-33-63-56-52(59(37-40-19-22-43(57)23-20-40)53(62)30-21-39-13-7-8-14-39)36-50(58-64-38-41-15-5-4-6-16-41)48-34-42(17-9-11-31-60)47(18-10-12-32-61)54(55(48)56)49-35-45(26-29-51(49)66-56)65-44-24-27-46(67-2)28-25-44/h3-6,15-16,19-20,22-29,34-35,39,42,47,52,54-55,60-61H,1,7-14,17-18,21,30-33,36-38H2,2H3/t42-,47+,52-,54+,55+,56+/m0/s1. The molecular weight excluding hydrogens is 864 g/mol. The molecule has 4 aliphatic rings. The number of oxime groups is 1. The van der Waals surface area contributed by atoms with Crippen LogP contribution in [0.5, 0.6) is 17.2 Å². The monoisotopic (exact) mass is 930 g/mol. The fourth-order valence-electron chi connectivity index (χ4n) is 11.2. The van der Waals surface area contributed by atoms with Gasteiger partial charge in [0, 0.05) is 49.0 Å². The molecule has 11 heteroatoms. The molecule has 356 valence electrons. The van der Waals surface area contributed by atoms with Crippen LogP contribution in [-0.2, 0) is 27.5 Å². The highest BCUT2D eigenvalue weighted by molar-refractivity contribution is 7.98. The summed E-state index contributed by atoms with van der Waals surface area (Å²) in [6.07, 6.45) is 16.8. The van der Waals surface area contributed by atoms with Crippen molar-refractivity contribution in [2.45, 2.75) is 119 Å². The Labute approximate surface area is 400 Å². The largest absolute Gasteiger partial charge is 0.459 e. The number of thioether (sulfide) groups is 1. The molecule has 0 unspecified atom stereocenters. The number of carbonyl (C=O) groups excluding carboxylic acids is 1. The molecule has 2 saturated carbocycles. The number of ether oxygens (including phenoxy) is 3. The van der Waals surface area contributed by atoms with Crippen molar-refractivity contribution >= 4 is 23.4 Å². The number of aliphatic hydroxyl groups is 2. The highest BCUT2D eigenvalue weighted by Gasteiger charge is 2.65. The third kappa shape index (κ3) is 11.5. The van der Waals surface area contributed by atoms with Gasteiger partial charge < -0.3 is 34.2 Å². The van der Waals surface area contributed by atoms with Crippen molar-refractivity contribution in [1.82, 2.24) is 4.90 Å². The quantitative estimate of drug-likeness (QED) is 0.0328. The molecule has 1 aliphatic heterocycles. The predicted octanol–water partition coefficient (Wildman–Crippen LogP) is 12.2. The van der Waals surface area contributed by atoms with Gasteiger partial charge in [-0.2, -0.15) is 0 Å². The molecule has 6 atom stereocenters. The Balaban J connectivity index is 1.32. The van der Waals surface area contributed by atoms with Crippen molar-refractivity contribution < 1.29 is 38.4 Å². The zero-order valence-corrected chi connectivity index (χ0v) is 39.7. The van der Waals surface area contributed by atoms with E-state index in [0.29, 0.717) is 36.7 Å². The number of hydrogen-bond acceptors (Lipinski definition) is 9. The van der Waals surface area contributed by atoms with E-state index in [1.165, 1.54) is 25.0 Å². The first kappa shape index (κ1) is 48.5. The summed E-state index contributed by atoms with van der Waals surface area (Å²) in [5, 5.41) is 25.1. The van der Waals surface area contributed by atoms with E-state index >= 15 is 4.79 Å². The summed E-state index contributed by atoms with van der Waals surface area (Å²) in [5.41, 5.74) is 4.46. The highest BCUT2D eigenvalue weighted by Crippen LogP contribution is 2.62. The summed E-state index contributed by atoms with van der Waals surface area (Å²) in [7, 11) is 0. The second kappa shape index (κ2) is 23.4. The Morgan fingerprint density at radius 1 is 0.910 bits per heavy atom. The summed E-state index contributed by atoms with van der Waals surface area (Å²) < 4.78 is 35.8. The van der Waals surface area contributed by atoms with Crippen LogP contribution in [0.4, 0.5) is 4.39 Å². The van der Waals surface area contributed by atoms with E-state index in [0.717, 1.165) is 83.6 Å². The fraction of sp³-hybridized carbons (Fsp3) is 0.464. The van der Waals surface area contributed by atoms with Gasteiger partial charge in [-0.1, -0.05) is 98.3 Å². The summed E-state index contributed by atoms with van der Waals surface area (Å²) in [6, 6.07) is 29.8. The Bertz CT molecular complexity index is 2300. The lowest BCUT2D eigenvalue weighted by atomic mass is 9.55. The number of fused-ring (bicyclic) bond motifs is 2. The fourth-order valence-corrected chi connectivity index (χ4v) is 11.6. The van der Waals surface area contributed by atoms with Gasteiger partial charge in [0.2, 0.25) is 11.7 Å². The summed E-state index contributed by atoms with van der Waals surface area (Å²) in [5.74, 6) is 0.221. The van der Waals surface area contributed by atoms with Crippen LogP contribution in [-0.4, -0.2) is 64.6 Å². The second-order valence-electron chi connectivity index (χ2n) is 18.6. The van der Waals surface area contributed by atoms with Gasteiger partial charge in [-0.05, 0) is 127 Å². The van der Waals surface area contributed by atoms with Crippen molar-refractivity contribution in [3.05, 3.63) is 144 Å². The molecule has 0 radical (unpaired) electrons. The first-order chi connectivity index (χ1) is 32.8. The maximum absolute atomic E-state index is 15.2. The number of benzene rings is 4. The minimum atomic E-state index is -1.42. The Hall–Kier alpha value is -4.94. The van der Waals surface area contributed by atoms with Gasteiger partial charge in [-0.15, -0.1) is 18.3 Å². The molecular formula is C56H67FN2O7S. The molecule has 0 spiro atoms. The van der Waals surface area contributed by atoms with E-state index in [2.05, 4.69) is 37.1 Å². The van der Waals surface area contributed by atoms with E-state index in [-0.39, 0.29) is 68.9 Å². The lowest BCUT2D eigenvalue weighted by Gasteiger charge is -2.60. The van der Waals surface area contributed by atoms with E-state index in [1.807, 2.05) is 59.5 Å². The van der Waals surface area contributed by atoms with Crippen LogP contribution in [0.15, 0.2) is 131 Å². The average molecular weight is 931 g/mol. The molecule has 8 rings (SSSR count). The van der Waals surface area contributed by atoms with E-state index < -0.39 is 17.7 Å². The third-order valence-electron chi connectivity index (χ3n) is 14.4. The van der Waals surface area contributed by atoms with Crippen molar-refractivity contribution in [1.29, 1.82) is 0 Å². The zero-order chi connectivity index (χ0) is 46.6. The van der Waals surface area contributed by atoms with E-state index in [4.69, 9.17) is 24.2 Å². The van der Waals surface area contributed by atoms with E-state index in [1.54, 1.807) is 30.0 Å². The third-order valence-corrected chi connectivity index (χ3v) is 15.1. The van der Waals surface area contributed by atoms with Gasteiger partial charge in [-0.3, -0.25) is 4.79 Å². The molecule has 1 heterocycles. The average Bonchev–Trinajstić information content (AvgIpc) is 3.88. The highest BCUT2D eigenvalue weighted by atomic mass is 32.2. The molecule has 3 aliphatic carbocycles. The van der Waals surface area contributed by atoms with Gasteiger partial charge in [0.05, 0.1) is 18.2 Å². The lowest BCUT2D eigenvalue weighted by molar-refractivity contribution is -0.258. The molecule has 0 bridgehead atoms. The number of nitrogens with zero attached hydrogens (tertiary/aromatic N) is 2. The van der Waals surface area contributed by atoms with Gasteiger partial charge in [0.25, 0.3) is 0 Å². The van der Waals surface area contributed by atoms with Crippen molar-refractivity contribution in [3.8, 4) is 17.2 Å². The Morgan fingerprint density at radius 3 is 2.36 bits per heavy atom. The molecule has 2 N–H and O–H groups in total. The normalized spacial score (nSPS) is 23.7. The van der Waals surface area contributed by atoms with Gasteiger partial charge >= 0.3 is 0 Å². The SMILES string of the molecule is C=CCO[C@@]12Oc3ccc(Oc4ccc(SC)cc4)cc3[C@H]3[C@H](CCCCO)[C@@H](CCCCO)C=C(C(=NOCc4ccccc4)C[C@@H]1N(Cc1ccc(F)cc1)C(=O)CCC1CCCC1)[C@H]32. The molecule has 2 fully saturated rings. The number of rotatable bonds is 23. The van der Waals surface area contributed by atoms with E-state index in [9.17, 15) is 14.6 Å². The zero-order valence-electron chi connectivity index (χ0n) is 38.9. The number of allylic oxidation sites excluding steroid dienone is 1. The lowest BCUT2D eigenvalue weighted by Crippen LogP contribution is -2.70. The molecule has 4 aromatic rings. The van der Waals surface area contributed by atoms with Crippen molar-refractivity contribution in [3.63, 3.8) is 0 Å². The van der Waals surface area contributed by atoms with Crippen LogP contribution in [0.1, 0.15) is 106 Å². The molecule has 9 nitrogen and oxygen atoms in total. The van der Waals surface area contributed by atoms with Crippen LogP contribution < -0.4 is 9.47 Å².